The second-order valence-corrected chi connectivity index (χ2v) is 5.37. The monoisotopic (exact) mass is 307 g/mol. The Labute approximate surface area is 131 Å². The molecule has 4 N–H and O–H groups in total. The summed E-state index contributed by atoms with van der Waals surface area (Å²) >= 11 is 0. The number of anilines is 1. The maximum atomic E-state index is 13.0. The number of rotatable bonds is 3. The third kappa shape index (κ3) is 2.44. The average molecular weight is 307 g/mol. The van der Waals surface area contributed by atoms with Gasteiger partial charge in [0.25, 0.3) is 0 Å². The van der Waals surface area contributed by atoms with E-state index in [-0.39, 0.29) is 5.82 Å². The fraction of sp³-hybridized carbons (Fsp3) is 0.0588. The van der Waals surface area contributed by atoms with E-state index in [0.717, 1.165) is 27.9 Å². The Kier molecular flexibility index (Phi) is 3.08. The molecule has 2 heterocycles. The highest BCUT2D eigenvalue weighted by atomic mass is 19.1. The van der Waals surface area contributed by atoms with Crippen molar-refractivity contribution >= 4 is 16.9 Å². The minimum atomic E-state index is -0.254. The molecule has 0 amide bonds. The van der Waals surface area contributed by atoms with Crippen LogP contribution in [0.4, 0.5) is 10.2 Å². The van der Waals surface area contributed by atoms with Crippen LogP contribution in [0, 0.1) is 5.82 Å². The highest BCUT2D eigenvalue weighted by molar-refractivity contribution is 5.82. The van der Waals surface area contributed by atoms with Gasteiger partial charge in [0.05, 0.1) is 22.3 Å². The maximum absolute atomic E-state index is 13.0. The van der Waals surface area contributed by atoms with Gasteiger partial charge in [-0.2, -0.15) is 5.10 Å². The molecule has 4 rings (SSSR count). The van der Waals surface area contributed by atoms with Crippen LogP contribution in [0.5, 0.6) is 0 Å². The van der Waals surface area contributed by atoms with Crippen molar-refractivity contribution in [2.24, 2.45) is 0 Å². The normalized spacial score (nSPS) is 11.2. The van der Waals surface area contributed by atoms with Crippen LogP contribution in [-0.4, -0.2) is 20.2 Å². The quantitative estimate of drug-likeness (QED) is 0.543. The largest absolute Gasteiger partial charge is 0.382 e. The fourth-order valence-corrected chi connectivity index (χ4v) is 2.66. The molecule has 2 aromatic heterocycles. The van der Waals surface area contributed by atoms with Gasteiger partial charge in [0.2, 0.25) is 0 Å². The lowest BCUT2D eigenvalue weighted by Gasteiger charge is -2.02. The zero-order valence-corrected chi connectivity index (χ0v) is 12.2. The number of H-pyrrole nitrogens is 2. The molecule has 0 saturated carbocycles. The highest BCUT2D eigenvalue weighted by Gasteiger charge is 2.17. The molecule has 0 aliphatic carbocycles. The van der Waals surface area contributed by atoms with Crippen molar-refractivity contribution in [2.75, 3.05) is 5.73 Å². The number of imidazole rings is 1. The molecule has 0 radical (unpaired) electrons. The Morgan fingerprint density at radius 3 is 2.61 bits per heavy atom. The summed E-state index contributed by atoms with van der Waals surface area (Å²) in [5.41, 5.74) is 10.4. The Hall–Kier alpha value is -3.15. The molecular formula is C17H14FN5. The fourth-order valence-electron chi connectivity index (χ4n) is 2.66. The molecular weight excluding hydrogens is 293 g/mol. The standard InChI is InChI=1S/C17H14FN5/c18-11-7-5-10(6-8-11)9-14-15(16(19)23-22-14)17-20-12-3-1-2-4-13(12)21-17/h1-8H,9H2,(H,20,21)(H3,19,22,23). The van der Waals surface area contributed by atoms with Gasteiger partial charge in [-0.15, -0.1) is 0 Å². The number of hydrogen-bond acceptors (Lipinski definition) is 3. The van der Waals surface area contributed by atoms with Gasteiger partial charge in [0.15, 0.2) is 5.82 Å². The number of nitrogen functional groups attached to an aromatic ring is 1. The van der Waals surface area contributed by atoms with Crippen LogP contribution in [0.15, 0.2) is 48.5 Å². The minimum Gasteiger partial charge on any atom is -0.382 e. The van der Waals surface area contributed by atoms with E-state index in [1.165, 1.54) is 12.1 Å². The number of hydrogen-bond donors (Lipinski definition) is 3. The van der Waals surface area contributed by atoms with E-state index in [4.69, 9.17) is 5.73 Å². The third-order valence-corrected chi connectivity index (χ3v) is 3.79. The smallest absolute Gasteiger partial charge is 0.156 e. The zero-order valence-electron chi connectivity index (χ0n) is 12.2. The molecule has 0 aliphatic heterocycles. The van der Waals surface area contributed by atoms with Crippen LogP contribution < -0.4 is 5.73 Å². The molecule has 0 spiro atoms. The molecule has 0 bridgehead atoms. The van der Waals surface area contributed by atoms with E-state index >= 15 is 0 Å². The lowest BCUT2D eigenvalue weighted by atomic mass is 10.1. The Morgan fingerprint density at radius 1 is 1.04 bits per heavy atom. The van der Waals surface area contributed by atoms with E-state index in [1.807, 2.05) is 24.3 Å². The van der Waals surface area contributed by atoms with Crippen molar-refractivity contribution in [1.82, 2.24) is 20.2 Å². The minimum absolute atomic E-state index is 0.254. The van der Waals surface area contributed by atoms with Gasteiger partial charge in [-0.25, -0.2) is 9.37 Å². The Morgan fingerprint density at radius 2 is 1.83 bits per heavy atom. The lowest BCUT2D eigenvalue weighted by Crippen LogP contribution is -1.94. The first-order valence-electron chi connectivity index (χ1n) is 7.23. The molecule has 0 saturated heterocycles. The first kappa shape index (κ1) is 13.5. The van der Waals surface area contributed by atoms with Gasteiger partial charge >= 0.3 is 0 Å². The predicted molar refractivity (Wildman–Crippen MR) is 87.3 cm³/mol. The number of halogens is 1. The summed E-state index contributed by atoms with van der Waals surface area (Å²) in [5, 5.41) is 7.05. The number of aromatic amines is 2. The number of nitrogens with zero attached hydrogens (tertiary/aromatic N) is 2. The van der Waals surface area contributed by atoms with Crippen LogP contribution in [0.3, 0.4) is 0 Å². The lowest BCUT2D eigenvalue weighted by molar-refractivity contribution is 0.627. The summed E-state index contributed by atoms with van der Waals surface area (Å²) in [6.07, 6.45) is 0.566. The summed E-state index contributed by atoms with van der Waals surface area (Å²) < 4.78 is 13.0. The number of fused-ring (bicyclic) bond motifs is 1. The van der Waals surface area contributed by atoms with Crippen LogP contribution in [-0.2, 0) is 6.42 Å². The molecule has 6 heteroatoms. The van der Waals surface area contributed by atoms with Gasteiger partial charge in [0, 0.05) is 6.42 Å². The third-order valence-electron chi connectivity index (χ3n) is 3.79. The number of aromatic nitrogens is 4. The summed E-state index contributed by atoms with van der Waals surface area (Å²) in [6, 6.07) is 14.1. The van der Waals surface area contributed by atoms with Crippen molar-refractivity contribution in [3.8, 4) is 11.4 Å². The van der Waals surface area contributed by atoms with E-state index < -0.39 is 0 Å². The topological polar surface area (TPSA) is 83.4 Å². The van der Waals surface area contributed by atoms with E-state index in [9.17, 15) is 4.39 Å². The van der Waals surface area contributed by atoms with E-state index in [2.05, 4.69) is 20.2 Å². The van der Waals surface area contributed by atoms with E-state index in [0.29, 0.717) is 18.1 Å². The SMILES string of the molecule is Nc1n[nH]c(Cc2ccc(F)cc2)c1-c1nc2ccccc2[nH]1. The van der Waals surface area contributed by atoms with Crippen molar-refractivity contribution in [1.29, 1.82) is 0 Å². The number of nitrogens with one attached hydrogen (secondary N) is 2. The van der Waals surface area contributed by atoms with Crippen molar-refractivity contribution in [3.05, 3.63) is 65.6 Å². The van der Waals surface area contributed by atoms with Crippen molar-refractivity contribution < 1.29 is 4.39 Å². The summed E-state index contributed by atoms with van der Waals surface area (Å²) in [5.74, 6) is 0.811. The van der Waals surface area contributed by atoms with Gasteiger partial charge < -0.3 is 10.7 Å². The number of para-hydroxylation sites is 2. The molecule has 114 valence electrons. The Balaban J connectivity index is 1.76. The molecule has 0 aliphatic rings. The summed E-state index contributed by atoms with van der Waals surface area (Å²) in [6.45, 7) is 0. The Bertz CT molecular complexity index is 935. The maximum Gasteiger partial charge on any atom is 0.156 e. The average Bonchev–Trinajstić information content (AvgIpc) is 3.12. The summed E-state index contributed by atoms with van der Waals surface area (Å²) in [4.78, 5) is 7.84. The number of benzene rings is 2. The van der Waals surface area contributed by atoms with Gasteiger partial charge in [-0.05, 0) is 29.8 Å². The van der Waals surface area contributed by atoms with Gasteiger partial charge in [0.1, 0.15) is 11.6 Å². The molecule has 0 unspecified atom stereocenters. The molecule has 23 heavy (non-hydrogen) atoms. The zero-order chi connectivity index (χ0) is 15.8. The number of nitrogens with two attached hydrogens (primary N) is 1. The van der Waals surface area contributed by atoms with Crippen LogP contribution >= 0.6 is 0 Å². The molecule has 0 atom stereocenters. The van der Waals surface area contributed by atoms with Crippen molar-refractivity contribution in [3.63, 3.8) is 0 Å². The second kappa shape index (κ2) is 5.24. The second-order valence-electron chi connectivity index (χ2n) is 5.37. The molecule has 5 nitrogen and oxygen atoms in total. The first-order chi connectivity index (χ1) is 11.2. The predicted octanol–water partition coefficient (Wildman–Crippen LogP) is 3.27. The van der Waals surface area contributed by atoms with Crippen molar-refractivity contribution in [2.45, 2.75) is 6.42 Å². The van der Waals surface area contributed by atoms with Crippen LogP contribution in [0.2, 0.25) is 0 Å². The first-order valence-corrected chi connectivity index (χ1v) is 7.23. The highest BCUT2D eigenvalue weighted by Crippen LogP contribution is 2.29. The molecule has 4 aromatic rings. The summed E-state index contributed by atoms with van der Waals surface area (Å²) in [7, 11) is 0. The van der Waals surface area contributed by atoms with Crippen LogP contribution in [0.25, 0.3) is 22.4 Å². The van der Waals surface area contributed by atoms with Crippen LogP contribution in [0.1, 0.15) is 11.3 Å². The van der Waals surface area contributed by atoms with Gasteiger partial charge in [-0.3, -0.25) is 5.10 Å². The van der Waals surface area contributed by atoms with E-state index in [1.54, 1.807) is 12.1 Å². The van der Waals surface area contributed by atoms with Gasteiger partial charge in [-0.1, -0.05) is 24.3 Å². The molecule has 2 aromatic carbocycles. The molecule has 0 fully saturated rings.